The molecule has 0 unspecified atom stereocenters. The molecular weight excluding hydrogens is 389 g/mol. The lowest BCUT2D eigenvalue weighted by molar-refractivity contribution is 0.241. The monoisotopic (exact) mass is 413 g/mol. The predicted molar refractivity (Wildman–Crippen MR) is 118 cm³/mol. The smallest absolute Gasteiger partial charge is 0.123 e. The van der Waals surface area contributed by atoms with Crippen molar-refractivity contribution in [3.05, 3.63) is 102 Å². The molecule has 5 rings (SSSR count). The van der Waals surface area contributed by atoms with Gasteiger partial charge in [0.1, 0.15) is 12.1 Å². The zero-order valence-corrected chi connectivity index (χ0v) is 17.3. The van der Waals surface area contributed by atoms with Crippen LogP contribution in [0, 0.1) is 5.82 Å². The maximum atomic E-state index is 13.2. The van der Waals surface area contributed by atoms with Crippen molar-refractivity contribution in [2.75, 3.05) is 6.54 Å². The second kappa shape index (κ2) is 8.78. The van der Waals surface area contributed by atoms with E-state index in [-0.39, 0.29) is 5.82 Å². The van der Waals surface area contributed by atoms with Gasteiger partial charge in [0, 0.05) is 31.7 Å². The number of imidazole rings is 1. The lowest BCUT2D eigenvalue weighted by atomic mass is 10.0. The number of aryl methyl sites for hydroxylation is 2. The van der Waals surface area contributed by atoms with Crippen molar-refractivity contribution < 1.29 is 4.39 Å². The first-order valence-electron chi connectivity index (χ1n) is 10.6. The zero-order valence-electron chi connectivity index (χ0n) is 17.3. The fourth-order valence-corrected chi connectivity index (χ4v) is 4.20. The molecule has 0 amide bonds. The Morgan fingerprint density at radius 1 is 0.935 bits per heavy atom. The minimum absolute atomic E-state index is 0.207. The number of hydrogen-bond acceptors (Lipinski definition) is 4. The predicted octanol–water partition coefficient (Wildman–Crippen LogP) is 4.28. The molecule has 0 saturated carbocycles. The van der Waals surface area contributed by atoms with Gasteiger partial charge in [0.05, 0.1) is 29.6 Å². The Balaban J connectivity index is 1.34. The summed E-state index contributed by atoms with van der Waals surface area (Å²) in [5, 5.41) is 0. The first-order valence-corrected chi connectivity index (χ1v) is 10.6. The van der Waals surface area contributed by atoms with E-state index < -0.39 is 0 Å². The van der Waals surface area contributed by atoms with Crippen LogP contribution in [0.25, 0.3) is 11.4 Å². The summed E-state index contributed by atoms with van der Waals surface area (Å²) < 4.78 is 15.3. The number of rotatable bonds is 6. The second-order valence-electron chi connectivity index (χ2n) is 7.94. The fraction of sp³-hybridized carbons (Fsp3) is 0.240. The quantitative estimate of drug-likeness (QED) is 0.473. The molecule has 0 saturated heterocycles. The molecule has 0 N–H and O–H groups in total. The SMILES string of the molecule is Fc1ccc(CCn2cncc2-c2ncnc3c2CCN(Cc2ccccc2)C3)cc1. The number of hydrogen-bond donors (Lipinski definition) is 0. The molecule has 0 fully saturated rings. The van der Waals surface area contributed by atoms with Gasteiger partial charge in [-0.15, -0.1) is 0 Å². The molecule has 156 valence electrons. The number of nitrogens with zero attached hydrogens (tertiary/aromatic N) is 5. The van der Waals surface area contributed by atoms with Crippen LogP contribution in [0.15, 0.2) is 73.4 Å². The van der Waals surface area contributed by atoms with Gasteiger partial charge in [0.25, 0.3) is 0 Å². The molecule has 6 heteroatoms. The second-order valence-corrected chi connectivity index (χ2v) is 7.94. The Bertz CT molecular complexity index is 1150. The minimum atomic E-state index is -0.207. The molecule has 0 atom stereocenters. The molecule has 0 bridgehead atoms. The van der Waals surface area contributed by atoms with Crippen LogP contribution in [-0.4, -0.2) is 31.0 Å². The van der Waals surface area contributed by atoms with E-state index in [2.05, 4.69) is 48.7 Å². The fourth-order valence-electron chi connectivity index (χ4n) is 4.20. The van der Waals surface area contributed by atoms with E-state index in [1.165, 1.54) is 23.3 Å². The van der Waals surface area contributed by atoms with E-state index >= 15 is 0 Å². The lowest BCUT2D eigenvalue weighted by Crippen LogP contribution is -2.31. The third-order valence-electron chi connectivity index (χ3n) is 5.84. The van der Waals surface area contributed by atoms with Crippen LogP contribution in [0.2, 0.25) is 0 Å². The average molecular weight is 414 g/mol. The molecular formula is C25H24FN5. The Morgan fingerprint density at radius 2 is 1.77 bits per heavy atom. The van der Waals surface area contributed by atoms with Gasteiger partial charge in [-0.05, 0) is 36.1 Å². The Kier molecular flexibility index (Phi) is 5.54. The van der Waals surface area contributed by atoms with E-state index in [4.69, 9.17) is 0 Å². The van der Waals surface area contributed by atoms with Gasteiger partial charge in [0.2, 0.25) is 0 Å². The zero-order chi connectivity index (χ0) is 21.0. The van der Waals surface area contributed by atoms with Crippen molar-refractivity contribution in [2.45, 2.75) is 32.5 Å². The number of benzene rings is 2. The minimum Gasteiger partial charge on any atom is -0.329 e. The number of aromatic nitrogens is 4. The molecule has 0 spiro atoms. The molecule has 0 aliphatic carbocycles. The first-order chi connectivity index (χ1) is 15.3. The summed E-state index contributed by atoms with van der Waals surface area (Å²) >= 11 is 0. The van der Waals surface area contributed by atoms with Crippen molar-refractivity contribution in [2.24, 2.45) is 0 Å². The highest BCUT2D eigenvalue weighted by Gasteiger charge is 2.23. The lowest BCUT2D eigenvalue weighted by Gasteiger charge is -2.29. The van der Waals surface area contributed by atoms with Crippen LogP contribution in [0.3, 0.4) is 0 Å². The van der Waals surface area contributed by atoms with Crippen molar-refractivity contribution in [3.8, 4) is 11.4 Å². The standard InChI is InChI=1S/C25H24FN5/c26-21-8-6-19(7-9-21)10-13-31-18-27-14-24(31)25-22-11-12-30(16-23(22)28-17-29-25)15-20-4-2-1-3-5-20/h1-9,14,17-18H,10-13,15-16H2. The molecule has 31 heavy (non-hydrogen) atoms. The molecule has 2 aromatic heterocycles. The average Bonchev–Trinajstić information content (AvgIpc) is 3.27. The van der Waals surface area contributed by atoms with Gasteiger partial charge in [-0.2, -0.15) is 0 Å². The normalized spacial score (nSPS) is 13.8. The van der Waals surface area contributed by atoms with Crippen molar-refractivity contribution >= 4 is 0 Å². The summed E-state index contributed by atoms with van der Waals surface area (Å²) in [6, 6.07) is 17.2. The highest BCUT2D eigenvalue weighted by molar-refractivity contribution is 5.60. The van der Waals surface area contributed by atoms with Crippen LogP contribution >= 0.6 is 0 Å². The Morgan fingerprint density at radius 3 is 2.61 bits per heavy atom. The van der Waals surface area contributed by atoms with E-state index in [1.807, 2.05) is 30.7 Å². The van der Waals surface area contributed by atoms with Crippen LogP contribution in [-0.2, 0) is 32.5 Å². The maximum Gasteiger partial charge on any atom is 0.123 e. The Labute approximate surface area is 181 Å². The number of fused-ring (bicyclic) bond motifs is 1. The third kappa shape index (κ3) is 4.39. The van der Waals surface area contributed by atoms with Gasteiger partial charge in [0.15, 0.2) is 0 Å². The first kappa shape index (κ1) is 19.6. The third-order valence-corrected chi connectivity index (χ3v) is 5.84. The van der Waals surface area contributed by atoms with E-state index in [1.54, 1.807) is 6.33 Å². The molecule has 0 radical (unpaired) electrons. The topological polar surface area (TPSA) is 46.8 Å². The molecule has 3 heterocycles. The molecule has 2 aromatic carbocycles. The van der Waals surface area contributed by atoms with Gasteiger partial charge in [-0.25, -0.2) is 19.3 Å². The summed E-state index contributed by atoms with van der Waals surface area (Å²) in [5.41, 5.74) is 6.72. The van der Waals surface area contributed by atoms with Crippen LogP contribution in [0.4, 0.5) is 4.39 Å². The van der Waals surface area contributed by atoms with Gasteiger partial charge < -0.3 is 4.57 Å². The molecule has 4 aromatic rings. The van der Waals surface area contributed by atoms with Gasteiger partial charge in [-0.1, -0.05) is 42.5 Å². The van der Waals surface area contributed by atoms with Crippen molar-refractivity contribution in [1.82, 2.24) is 24.4 Å². The highest BCUT2D eigenvalue weighted by Crippen LogP contribution is 2.28. The van der Waals surface area contributed by atoms with Crippen LogP contribution < -0.4 is 0 Å². The molecule has 5 nitrogen and oxygen atoms in total. The summed E-state index contributed by atoms with van der Waals surface area (Å²) in [7, 11) is 0. The highest BCUT2D eigenvalue weighted by atomic mass is 19.1. The summed E-state index contributed by atoms with van der Waals surface area (Å²) in [6.45, 7) is 3.49. The van der Waals surface area contributed by atoms with E-state index in [9.17, 15) is 4.39 Å². The van der Waals surface area contributed by atoms with Crippen LogP contribution in [0.5, 0.6) is 0 Å². The van der Waals surface area contributed by atoms with E-state index in [0.29, 0.717) is 0 Å². The Hall–Kier alpha value is -3.38. The maximum absolute atomic E-state index is 13.2. The van der Waals surface area contributed by atoms with Gasteiger partial charge >= 0.3 is 0 Å². The molecule has 1 aliphatic rings. The number of halogens is 1. The van der Waals surface area contributed by atoms with Gasteiger partial charge in [-0.3, -0.25) is 4.90 Å². The largest absolute Gasteiger partial charge is 0.329 e. The van der Waals surface area contributed by atoms with E-state index in [0.717, 1.165) is 61.7 Å². The van der Waals surface area contributed by atoms with Crippen molar-refractivity contribution in [1.29, 1.82) is 0 Å². The summed E-state index contributed by atoms with van der Waals surface area (Å²) in [4.78, 5) is 16.0. The summed E-state index contributed by atoms with van der Waals surface area (Å²) in [6.07, 6.45) is 7.11. The van der Waals surface area contributed by atoms with Crippen LogP contribution in [0.1, 0.15) is 22.4 Å². The van der Waals surface area contributed by atoms with Crippen molar-refractivity contribution in [3.63, 3.8) is 0 Å². The summed E-state index contributed by atoms with van der Waals surface area (Å²) in [5.74, 6) is -0.207. The molecule has 1 aliphatic heterocycles.